The second-order valence-corrected chi connectivity index (χ2v) is 5.46. The van der Waals surface area contributed by atoms with E-state index in [9.17, 15) is 0 Å². The Morgan fingerprint density at radius 3 is 2.85 bits per heavy atom. The molecular weight excluding hydrogens is 272 g/mol. The fraction of sp³-hybridized carbons (Fsp3) is 0.188. The first-order chi connectivity index (χ1) is 9.81. The molecule has 2 aromatic carbocycles. The highest BCUT2D eigenvalue weighted by Gasteiger charge is 2.34. The van der Waals surface area contributed by atoms with Gasteiger partial charge in [-0.1, -0.05) is 41.9 Å². The van der Waals surface area contributed by atoms with Gasteiger partial charge in [-0.3, -0.25) is 5.01 Å². The third kappa shape index (κ3) is 1.86. The molecule has 4 rings (SSSR count). The van der Waals surface area contributed by atoms with Crippen LogP contribution in [0.3, 0.4) is 0 Å². The second-order valence-electron chi connectivity index (χ2n) is 5.03. The summed E-state index contributed by atoms with van der Waals surface area (Å²) < 4.78 is 5.74. The van der Waals surface area contributed by atoms with Crippen LogP contribution in [-0.2, 0) is 0 Å². The van der Waals surface area contributed by atoms with Gasteiger partial charge in [0.25, 0.3) is 0 Å². The van der Waals surface area contributed by atoms with E-state index in [0.717, 1.165) is 28.5 Å². The molecule has 1 atom stereocenters. The third-order valence-electron chi connectivity index (χ3n) is 3.79. The maximum atomic E-state index is 6.11. The molecule has 0 radical (unpaired) electrons. The Labute approximate surface area is 122 Å². The lowest BCUT2D eigenvalue weighted by atomic mass is 9.97. The van der Waals surface area contributed by atoms with Crippen molar-refractivity contribution < 1.29 is 4.74 Å². The SMILES string of the molecule is Clc1ccc2c(c1)C1CC(c3ccccc3)=NN1CO2. The average molecular weight is 285 g/mol. The van der Waals surface area contributed by atoms with Crippen LogP contribution in [0.2, 0.25) is 5.02 Å². The van der Waals surface area contributed by atoms with E-state index < -0.39 is 0 Å². The van der Waals surface area contributed by atoms with E-state index in [4.69, 9.17) is 21.4 Å². The summed E-state index contributed by atoms with van der Waals surface area (Å²) in [5.74, 6) is 0.917. The van der Waals surface area contributed by atoms with Crippen molar-refractivity contribution in [1.29, 1.82) is 0 Å². The first-order valence-corrected chi connectivity index (χ1v) is 7.01. The van der Waals surface area contributed by atoms with Crippen molar-refractivity contribution in [3.8, 4) is 5.75 Å². The fourth-order valence-corrected chi connectivity index (χ4v) is 2.98. The van der Waals surface area contributed by atoms with Gasteiger partial charge in [0.05, 0.1) is 11.8 Å². The molecule has 0 aromatic heterocycles. The molecule has 1 unspecified atom stereocenters. The highest BCUT2D eigenvalue weighted by molar-refractivity contribution is 6.30. The minimum Gasteiger partial charge on any atom is -0.471 e. The molecule has 3 nitrogen and oxygen atoms in total. The van der Waals surface area contributed by atoms with Crippen LogP contribution in [0.5, 0.6) is 5.75 Å². The minimum atomic E-state index is 0.229. The van der Waals surface area contributed by atoms with Crippen LogP contribution in [-0.4, -0.2) is 17.5 Å². The number of halogens is 1. The molecule has 0 spiro atoms. The average Bonchev–Trinajstić information content (AvgIpc) is 2.93. The molecule has 2 aliphatic heterocycles. The number of nitrogens with zero attached hydrogens (tertiary/aromatic N) is 2. The van der Waals surface area contributed by atoms with Crippen LogP contribution >= 0.6 is 11.6 Å². The maximum Gasteiger partial charge on any atom is 0.177 e. The molecule has 0 bridgehead atoms. The van der Waals surface area contributed by atoms with Crippen molar-refractivity contribution in [2.75, 3.05) is 6.73 Å². The zero-order chi connectivity index (χ0) is 13.5. The quantitative estimate of drug-likeness (QED) is 0.795. The van der Waals surface area contributed by atoms with Gasteiger partial charge in [0.15, 0.2) is 6.73 Å². The monoisotopic (exact) mass is 284 g/mol. The molecule has 2 heterocycles. The molecule has 4 heteroatoms. The van der Waals surface area contributed by atoms with E-state index >= 15 is 0 Å². The lowest BCUT2D eigenvalue weighted by Gasteiger charge is -2.30. The molecule has 0 aliphatic carbocycles. The smallest absolute Gasteiger partial charge is 0.177 e. The molecule has 100 valence electrons. The van der Waals surface area contributed by atoms with Crippen LogP contribution in [0.25, 0.3) is 0 Å². The summed E-state index contributed by atoms with van der Waals surface area (Å²) in [6.45, 7) is 0.496. The van der Waals surface area contributed by atoms with Gasteiger partial charge >= 0.3 is 0 Å². The minimum absolute atomic E-state index is 0.229. The molecule has 20 heavy (non-hydrogen) atoms. The maximum absolute atomic E-state index is 6.11. The van der Waals surface area contributed by atoms with E-state index in [2.05, 4.69) is 12.1 Å². The molecule has 0 fully saturated rings. The largest absolute Gasteiger partial charge is 0.471 e. The molecule has 0 amide bonds. The Hall–Kier alpha value is -2.00. The van der Waals surface area contributed by atoms with Gasteiger partial charge in [-0.05, 0) is 23.8 Å². The fourth-order valence-electron chi connectivity index (χ4n) is 2.80. The number of benzene rings is 2. The predicted octanol–water partition coefficient (Wildman–Crippen LogP) is 3.84. The summed E-state index contributed by atoms with van der Waals surface area (Å²) in [5, 5.41) is 7.43. The summed E-state index contributed by atoms with van der Waals surface area (Å²) in [6.07, 6.45) is 0.890. The summed E-state index contributed by atoms with van der Waals surface area (Å²) in [6, 6.07) is 16.3. The van der Waals surface area contributed by atoms with Gasteiger partial charge in [-0.15, -0.1) is 0 Å². The Kier molecular flexibility index (Phi) is 2.67. The van der Waals surface area contributed by atoms with Gasteiger partial charge in [0, 0.05) is 17.0 Å². The molecule has 0 saturated heterocycles. The normalized spacial score (nSPS) is 19.9. The Morgan fingerprint density at radius 1 is 1.15 bits per heavy atom. The summed E-state index contributed by atoms with van der Waals surface area (Å²) >= 11 is 6.11. The van der Waals surface area contributed by atoms with Gasteiger partial charge in [0.1, 0.15) is 5.75 Å². The first kappa shape index (κ1) is 11.8. The predicted molar refractivity (Wildman–Crippen MR) is 79.1 cm³/mol. The van der Waals surface area contributed by atoms with Crippen molar-refractivity contribution in [3.05, 3.63) is 64.7 Å². The van der Waals surface area contributed by atoms with Gasteiger partial charge in [0.2, 0.25) is 0 Å². The topological polar surface area (TPSA) is 24.8 Å². The first-order valence-electron chi connectivity index (χ1n) is 6.63. The van der Waals surface area contributed by atoms with Crippen molar-refractivity contribution in [1.82, 2.24) is 5.01 Å². The van der Waals surface area contributed by atoms with E-state index in [1.54, 1.807) is 0 Å². The second kappa shape index (κ2) is 4.53. The number of hydrogen-bond acceptors (Lipinski definition) is 3. The van der Waals surface area contributed by atoms with Crippen LogP contribution in [0, 0.1) is 0 Å². The molecule has 0 saturated carbocycles. The third-order valence-corrected chi connectivity index (χ3v) is 4.02. The summed E-state index contributed by atoms with van der Waals surface area (Å²) in [5.41, 5.74) is 3.40. The van der Waals surface area contributed by atoms with Crippen molar-refractivity contribution in [2.24, 2.45) is 5.10 Å². The van der Waals surface area contributed by atoms with E-state index in [1.165, 1.54) is 5.56 Å². The van der Waals surface area contributed by atoms with E-state index in [0.29, 0.717) is 6.73 Å². The number of hydrazone groups is 1. The van der Waals surface area contributed by atoms with Crippen molar-refractivity contribution in [2.45, 2.75) is 12.5 Å². The number of hydrogen-bond donors (Lipinski definition) is 0. The number of ether oxygens (including phenoxy) is 1. The van der Waals surface area contributed by atoms with E-state index in [1.807, 2.05) is 41.4 Å². The van der Waals surface area contributed by atoms with Crippen molar-refractivity contribution >= 4 is 17.3 Å². The van der Waals surface area contributed by atoms with Gasteiger partial charge < -0.3 is 4.74 Å². The Bertz CT molecular complexity index is 684. The Morgan fingerprint density at radius 2 is 2.00 bits per heavy atom. The summed E-state index contributed by atoms with van der Waals surface area (Å²) in [7, 11) is 0. The van der Waals surface area contributed by atoms with Crippen LogP contribution in [0.4, 0.5) is 0 Å². The van der Waals surface area contributed by atoms with Gasteiger partial charge in [-0.25, -0.2) is 0 Å². The molecule has 2 aromatic rings. The molecule has 0 N–H and O–H groups in total. The van der Waals surface area contributed by atoms with Gasteiger partial charge in [-0.2, -0.15) is 5.10 Å². The van der Waals surface area contributed by atoms with Crippen molar-refractivity contribution in [3.63, 3.8) is 0 Å². The van der Waals surface area contributed by atoms with Crippen LogP contribution < -0.4 is 4.74 Å². The number of rotatable bonds is 1. The highest BCUT2D eigenvalue weighted by Crippen LogP contribution is 2.41. The number of fused-ring (bicyclic) bond motifs is 3. The van der Waals surface area contributed by atoms with Crippen LogP contribution in [0.1, 0.15) is 23.6 Å². The highest BCUT2D eigenvalue weighted by atomic mass is 35.5. The van der Waals surface area contributed by atoms with Crippen LogP contribution in [0.15, 0.2) is 53.6 Å². The lowest BCUT2D eigenvalue weighted by molar-refractivity contribution is 0.0750. The standard InChI is InChI=1S/C16H13ClN2O/c17-12-6-7-16-13(8-12)15-9-14(18-19(15)10-20-16)11-4-2-1-3-5-11/h1-8,15H,9-10H2. The zero-order valence-corrected chi connectivity index (χ0v) is 11.5. The molecule has 2 aliphatic rings. The Balaban J connectivity index is 1.70. The zero-order valence-electron chi connectivity index (χ0n) is 10.8. The lowest BCUT2D eigenvalue weighted by Crippen LogP contribution is -2.29. The van der Waals surface area contributed by atoms with E-state index in [-0.39, 0.29) is 6.04 Å². The molecular formula is C16H13ClN2O. The summed E-state index contributed by atoms with van der Waals surface area (Å²) in [4.78, 5) is 0.